The predicted molar refractivity (Wildman–Crippen MR) is 52.7 cm³/mol. The molecule has 16 heavy (non-hydrogen) atoms. The van der Waals surface area contributed by atoms with E-state index in [4.69, 9.17) is 9.84 Å². The van der Waals surface area contributed by atoms with E-state index < -0.39 is 5.97 Å². The van der Waals surface area contributed by atoms with Gasteiger partial charge in [-0.2, -0.15) is 4.98 Å². The molecule has 2 aromatic heterocycles. The van der Waals surface area contributed by atoms with E-state index in [9.17, 15) is 4.79 Å². The third kappa shape index (κ3) is 1.70. The smallest absolute Gasteiger partial charge is 0.339 e. The lowest BCUT2D eigenvalue weighted by Gasteiger charge is -2.06. The first-order chi connectivity index (χ1) is 7.72. The maximum absolute atomic E-state index is 11.0. The van der Waals surface area contributed by atoms with Crippen LogP contribution in [-0.2, 0) is 0 Å². The quantitative estimate of drug-likeness (QED) is 0.803. The highest BCUT2D eigenvalue weighted by Gasteiger charge is 2.14. The number of hydrogen-bond donors (Lipinski definition) is 1. The zero-order valence-corrected chi connectivity index (χ0v) is 8.36. The molecule has 0 bridgehead atoms. The average molecular weight is 220 g/mol. The Morgan fingerprint density at radius 1 is 1.50 bits per heavy atom. The number of hydrogen-bond acceptors (Lipinski definition) is 5. The van der Waals surface area contributed by atoms with Crippen molar-refractivity contribution in [1.29, 1.82) is 0 Å². The van der Waals surface area contributed by atoms with E-state index >= 15 is 0 Å². The Hall–Kier alpha value is -2.44. The molecule has 7 heteroatoms. The van der Waals surface area contributed by atoms with Gasteiger partial charge in [0.05, 0.1) is 19.5 Å². The van der Waals surface area contributed by atoms with Gasteiger partial charge in [-0.15, -0.1) is 5.10 Å². The molecule has 0 radical (unpaired) electrons. The highest BCUT2D eigenvalue weighted by Crippen LogP contribution is 2.15. The number of aromatic nitrogens is 4. The topological polar surface area (TPSA) is 90.1 Å². The molecule has 0 saturated carbocycles. The van der Waals surface area contributed by atoms with E-state index in [1.54, 1.807) is 0 Å². The molecule has 0 unspecified atom stereocenters. The van der Waals surface area contributed by atoms with Crippen molar-refractivity contribution in [2.24, 2.45) is 0 Å². The van der Waals surface area contributed by atoms with Gasteiger partial charge in [0.25, 0.3) is 0 Å². The molecule has 0 spiro atoms. The summed E-state index contributed by atoms with van der Waals surface area (Å²) < 4.78 is 6.19. The molecule has 0 atom stereocenters. The summed E-state index contributed by atoms with van der Waals surface area (Å²) in [5.41, 5.74) is 0.0336. The SMILES string of the molecule is COc1ccc(C(=O)O)c(-n2ccnn2)n1. The normalized spacial score (nSPS) is 10.1. The van der Waals surface area contributed by atoms with Gasteiger partial charge in [0, 0.05) is 6.07 Å². The number of carboxylic acid groups (broad SMARTS) is 1. The van der Waals surface area contributed by atoms with Crippen LogP contribution >= 0.6 is 0 Å². The molecule has 0 aliphatic carbocycles. The number of carbonyl (C=O) groups is 1. The fourth-order valence-electron chi connectivity index (χ4n) is 1.21. The second-order valence-corrected chi connectivity index (χ2v) is 2.88. The zero-order valence-electron chi connectivity index (χ0n) is 8.36. The molecular formula is C9H8N4O3. The summed E-state index contributed by atoms with van der Waals surface area (Å²) in [5.74, 6) is -0.597. The van der Waals surface area contributed by atoms with Crippen LogP contribution in [0, 0.1) is 0 Å². The molecule has 0 fully saturated rings. The summed E-state index contributed by atoms with van der Waals surface area (Å²) in [5, 5.41) is 16.3. The van der Waals surface area contributed by atoms with E-state index in [2.05, 4.69) is 15.3 Å². The molecule has 2 aromatic rings. The van der Waals surface area contributed by atoms with Gasteiger partial charge in [-0.05, 0) is 6.07 Å². The highest BCUT2D eigenvalue weighted by atomic mass is 16.5. The average Bonchev–Trinajstić information content (AvgIpc) is 2.81. The van der Waals surface area contributed by atoms with Crippen LogP contribution < -0.4 is 4.74 Å². The summed E-state index contributed by atoms with van der Waals surface area (Å²) in [7, 11) is 1.45. The van der Waals surface area contributed by atoms with Crippen molar-refractivity contribution in [2.75, 3.05) is 7.11 Å². The number of carboxylic acids is 1. The van der Waals surface area contributed by atoms with Crippen LogP contribution in [0.25, 0.3) is 5.82 Å². The summed E-state index contributed by atoms with van der Waals surface area (Å²) >= 11 is 0. The van der Waals surface area contributed by atoms with Gasteiger partial charge < -0.3 is 9.84 Å². The summed E-state index contributed by atoms with van der Waals surface area (Å²) in [4.78, 5) is 15.0. The molecule has 0 aromatic carbocycles. The van der Waals surface area contributed by atoms with E-state index in [1.807, 2.05) is 0 Å². The Morgan fingerprint density at radius 2 is 2.31 bits per heavy atom. The molecule has 2 rings (SSSR count). The molecule has 0 aliphatic heterocycles. The van der Waals surface area contributed by atoms with Crippen molar-refractivity contribution in [3.8, 4) is 11.7 Å². The van der Waals surface area contributed by atoms with Gasteiger partial charge in [-0.25, -0.2) is 9.48 Å². The largest absolute Gasteiger partial charge is 0.481 e. The van der Waals surface area contributed by atoms with Crippen molar-refractivity contribution < 1.29 is 14.6 Å². The molecule has 0 amide bonds. The fourth-order valence-corrected chi connectivity index (χ4v) is 1.21. The Bertz CT molecular complexity index is 509. The molecule has 0 saturated heterocycles. The Kier molecular flexibility index (Phi) is 2.50. The number of methoxy groups -OCH3 is 1. The standard InChI is InChI=1S/C9H8N4O3/c1-16-7-3-2-6(9(14)15)8(11-7)13-5-4-10-12-13/h2-5H,1H3,(H,14,15). The van der Waals surface area contributed by atoms with Crippen LogP contribution in [0.2, 0.25) is 0 Å². The van der Waals surface area contributed by atoms with Crippen LogP contribution in [0.5, 0.6) is 5.88 Å². The minimum absolute atomic E-state index is 0.0336. The highest BCUT2D eigenvalue weighted by molar-refractivity contribution is 5.91. The van der Waals surface area contributed by atoms with Crippen LogP contribution in [0.4, 0.5) is 0 Å². The van der Waals surface area contributed by atoms with E-state index in [0.717, 1.165) is 0 Å². The van der Waals surface area contributed by atoms with Gasteiger partial charge in [0.2, 0.25) is 5.88 Å². The Labute approximate surface area is 90.3 Å². The summed E-state index contributed by atoms with van der Waals surface area (Å²) in [6, 6.07) is 2.88. The lowest BCUT2D eigenvalue weighted by atomic mass is 10.2. The third-order valence-corrected chi connectivity index (χ3v) is 1.93. The predicted octanol–water partition coefficient (Wildman–Crippen LogP) is 0.369. The minimum Gasteiger partial charge on any atom is -0.481 e. The number of pyridine rings is 1. The molecular weight excluding hydrogens is 212 g/mol. The maximum atomic E-state index is 11.0. The first-order valence-corrected chi connectivity index (χ1v) is 4.37. The van der Waals surface area contributed by atoms with Crippen LogP contribution in [0.1, 0.15) is 10.4 Å². The molecule has 82 valence electrons. The van der Waals surface area contributed by atoms with E-state index in [0.29, 0.717) is 5.88 Å². The maximum Gasteiger partial charge on any atom is 0.339 e. The van der Waals surface area contributed by atoms with Crippen LogP contribution in [0.15, 0.2) is 24.5 Å². The molecule has 1 N–H and O–H groups in total. The molecule has 0 aliphatic rings. The third-order valence-electron chi connectivity index (χ3n) is 1.93. The van der Waals surface area contributed by atoms with Gasteiger partial charge >= 0.3 is 5.97 Å². The second kappa shape index (κ2) is 3.97. The number of nitrogens with zero attached hydrogens (tertiary/aromatic N) is 4. The molecule has 2 heterocycles. The van der Waals surface area contributed by atoms with Crippen LogP contribution in [0.3, 0.4) is 0 Å². The lowest BCUT2D eigenvalue weighted by Crippen LogP contribution is -2.09. The van der Waals surface area contributed by atoms with Gasteiger partial charge in [-0.3, -0.25) is 0 Å². The molecule has 7 nitrogen and oxygen atoms in total. The van der Waals surface area contributed by atoms with Crippen molar-refractivity contribution >= 4 is 5.97 Å². The van der Waals surface area contributed by atoms with E-state index in [1.165, 1.54) is 36.3 Å². The van der Waals surface area contributed by atoms with Crippen molar-refractivity contribution in [3.63, 3.8) is 0 Å². The Morgan fingerprint density at radius 3 is 2.88 bits per heavy atom. The van der Waals surface area contributed by atoms with Gasteiger partial charge in [-0.1, -0.05) is 5.21 Å². The number of ether oxygens (including phenoxy) is 1. The first kappa shape index (κ1) is 10.1. The summed E-state index contributed by atoms with van der Waals surface area (Å²) in [6.07, 6.45) is 2.95. The Balaban J connectivity index is 2.59. The van der Waals surface area contributed by atoms with Crippen molar-refractivity contribution in [1.82, 2.24) is 20.0 Å². The van der Waals surface area contributed by atoms with Crippen molar-refractivity contribution in [3.05, 3.63) is 30.1 Å². The second-order valence-electron chi connectivity index (χ2n) is 2.88. The van der Waals surface area contributed by atoms with Gasteiger partial charge in [0.15, 0.2) is 5.82 Å². The van der Waals surface area contributed by atoms with Crippen molar-refractivity contribution in [2.45, 2.75) is 0 Å². The fraction of sp³-hybridized carbons (Fsp3) is 0.111. The summed E-state index contributed by atoms with van der Waals surface area (Å²) in [6.45, 7) is 0. The lowest BCUT2D eigenvalue weighted by molar-refractivity contribution is 0.0696. The minimum atomic E-state index is -1.08. The van der Waals surface area contributed by atoms with E-state index in [-0.39, 0.29) is 11.4 Å². The monoisotopic (exact) mass is 220 g/mol. The number of rotatable bonds is 3. The first-order valence-electron chi connectivity index (χ1n) is 4.37. The van der Waals surface area contributed by atoms with Gasteiger partial charge in [0.1, 0.15) is 5.56 Å². The zero-order chi connectivity index (χ0) is 11.5. The number of aromatic carboxylic acids is 1. The van der Waals surface area contributed by atoms with Crippen LogP contribution in [-0.4, -0.2) is 38.2 Å².